The number of anilines is 1. The van der Waals surface area contributed by atoms with Crippen molar-refractivity contribution in [2.75, 3.05) is 37.6 Å². The predicted octanol–water partition coefficient (Wildman–Crippen LogP) is 0.672. The number of aromatic nitrogens is 2. The second-order valence-corrected chi connectivity index (χ2v) is 4.67. The van der Waals surface area contributed by atoms with Crippen LogP contribution in [-0.2, 0) is 11.8 Å². The zero-order valence-electron chi connectivity index (χ0n) is 12.7. The van der Waals surface area contributed by atoms with Gasteiger partial charge in [0.15, 0.2) is 5.96 Å². The summed E-state index contributed by atoms with van der Waals surface area (Å²) in [6, 6.07) is 0. The number of aryl methyl sites for hydroxylation is 1. The molecular formula is C13H23IN6O. The number of amides is 1. The summed E-state index contributed by atoms with van der Waals surface area (Å²) in [5, 5.41) is 7.33. The normalized spacial score (nSPS) is 16.0. The van der Waals surface area contributed by atoms with Crippen LogP contribution < -0.4 is 10.2 Å². The highest BCUT2D eigenvalue weighted by Crippen LogP contribution is 2.15. The number of piperazine rings is 1. The Morgan fingerprint density at radius 3 is 2.71 bits per heavy atom. The third kappa shape index (κ3) is 4.32. The van der Waals surface area contributed by atoms with Crippen molar-refractivity contribution < 1.29 is 4.79 Å². The quantitative estimate of drug-likeness (QED) is 0.456. The van der Waals surface area contributed by atoms with Crippen molar-refractivity contribution in [1.29, 1.82) is 0 Å². The summed E-state index contributed by atoms with van der Waals surface area (Å²) in [5.74, 6) is 0.889. The molecule has 0 aromatic carbocycles. The molecule has 8 heteroatoms. The minimum atomic E-state index is 0. The Bertz CT molecular complexity index is 501. The minimum Gasteiger partial charge on any atom is -0.357 e. The summed E-state index contributed by atoms with van der Waals surface area (Å²) >= 11 is 0. The number of carbonyl (C=O) groups is 1. The molecule has 0 atom stereocenters. The van der Waals surface area contributed by atoms with Gasteiger partial charge < -0.3 is 15.1 Å². The highest BCUT2D eigenvalue weighted by molar-refractivity contribution is 14.0. The molecule has 0 spiro atoms. The van der Waals surface area contributed by atoms with Gasteiger partial charge in [-0.05, 0) is 13.8 Å². The lowest BCUT2D eigenvalue weighted by Gasteiger charge is -2.35. The van der Waals surface area contributed by atoms with E-state index in [-0.39, 0.29) is 29.9 Å². The molecule has 118 valence electrons. The standard InChI is InChI=1S/C13H22N6O.HI/c1-4-14-13(15-5-2)18-6-7-19(12(20)10-18)11-8-16-17(3)9-11;/h8-9H,4-7,10H2,1-3H3,(H,14,15);1H. The average molecular weight is 406 g/mol. The van der Waals surface area contributed by atoms with Crippen LogP contribution in [0.4, 0.5) is 5.69 Å². The molecule has 0 saturated carbocycles. The third-order valence-electron chi connectivity index (χ3n) is 3.17. The van der Waals surface area contributed by atoms with E-state index in [1.165, 1.54) is 0 Å². The Hall–Kier alpha value is -1.32. The number of rotatable bonds is 3. The molecule has 0 bridgehead atoms. The monoisotopic (exact) mass is 406 g/mol. The third-order valence-corrected chi connectivity index (χ3v) is 3.17. The van der Waals surface area contributed by atoms with Gasteiger partial charge in [0, 0.05) is 39.4 Å². The average Bonchev–Trinajstić information content (AvgIpc) is 2.85. The van der Waals surface area contributed by atoms with Gasteiger partial charge in [0.05, 0.1) is 11.9 Å². The molecule has 21 heavy (non-hydrogen) atoms. The van der Waals surface area contributed by atoms with Gasteiger partial charge in [0.1, 0.15) is 6.54 Å². The van der Waals surface area contributed by atoms with Gasteiger partial charge in [-0.2, -0.15) is 5.10 Å². The molecule has 0 unspecified atom stereocenters. The minimum absolute atomic E-state index is 0. The van der Waals surface area contributed by atoms with E-state index in [0.717, 1.165) is 24.7 Å². The molecule has 1 fully saturated rings. The maximum atomic E-state index is 12.3. The molecule has 1 aliphatic rings. The fraction of sp³-hybridized carbons (Fsp3) is 0.615. The number of nitrogens with one attached hydrogen (secondary N) is 1. The molecule has 1 aromatic heterocycles. The predicted molar refractivity (Wildman–Crippen MR) is 94.2 cm³/mol. The van der Waals surface area contributed by atoms with Crippen LogP contribution in [0.5, 0.6) is 0 Å². The number of hydrogen-bond acceptors (Lipinski definition) is 3. The Morgan fingerprint density at radius 1 is 1.43 bits per heavy atom. The first-order chi connectivity index (χ1) is 9.65. The van der Waals surface area contributed by atoms with Crippen molar-refractivity contribution in [3.8, 4) is 0 Å². The van der Waals surface area contributed by atoms with E-state index < -0.39 is 0 Å². The van der Waals surface area contributed by atoms with E-state index in [9.17, 15) is 4.79 Å². The van der Waals surface area contributed by atoms with Crippen LogP contribution in [0.15, 0.2) is 17.4 Å². The van der Waals surface area contributed by atoms with Gasteiger partial charge in [-0.3, -0.25) is 14.5 Å². The van der Waals surface area contributed by atoms with Crippen LogP contribution in [0.2, 0.25) is 0 Å². The van der Waals surface area contributed by atoms with Gasteiger partial charge in [-0.15, -0.1) is 24.0 Å². The molecule has 1 aliphatic heterocycles. The Labute approximate surface area is 142 Å². The van der Waals surface area contributed by atoms with Crippen molar-refractivity contribution >= 4 is 41.5 Å². The molecule has 1 saturated heterocycles. The number of hydrogen-bond donors (Lipinski definition) is 1. The molecule has 2 heterocycles. The highest BCUT2D eigenvalue weighted by atomic mass is 127. The van der Waals surface area contributed by atoms with Gasteiger partial charge in [0.25, 0.3) is 0 Å². The van der Waals surface area contributed by atoms with Crippen LogP contribution in [0.25, 0.3) is 0 Å². The molecule has 1 N–H and O–H groups in total. The van der Waals surface area contributed by atoms with E-state index in [1.807, 2.05) is 32.0 Å². The van der Waals surface area contributed by atoms with Crippen LogP contribution in [0, 0.1) is 0 Å². The summed E-state index contributed by atoms with van der Waals surface area (Å²) in [4.78, 5) is 20.5. The second-order valence-electron chi connectivity index (χ2n) is 4.67. The molecule has 0 radical (unpaired) electrons. The van der Waals surface area contributed by atoms with Crippen LogP contribution in [0.3, 0.4) is 0 Å². The lowest BCUT2D eigenvalue weighted by molar-refractivity contribution is -0.120. The number of carbonyl (C=O) groups excluding carboxylic acids is 1. The van der Waals surface area contributed by atoms with Crippen molar-refractivity contribution in [2.45, 2.75) is 13.8 Å². The summed E-state index contributed by atoms with van der Waals surface area (Å²) < 4.78 is 1.71. The van der Waals surface area contributed by atoms with E-state index in [0.29, 0.717) is 19.6 Å². The second kappa shape index (κ2) is 8.20. The lowest BCUT2D eigenvalue weighted by Crippen LogP contribution is -2.55. The SMILES string of the molecule is CCN=C(NCC)N1CCN(c2cnn(C)c2)C(=O)C1.I. The largest absolute Gasteiger partial charge is 0.357 e. The molecule has 0 aliphatic carbocycles. The van der Waals surface area contributed by atoms with Gasteiger partial charge in [-0.1, -0.05) is 0 Å². The fourth-order valence-corrected chi connectivity index (χ4v) is 2.25. The smallest absolute Gasteiger partial charge is 0.246 e. The van der Waals surface area contributed by atoms with Crippen molar-refractivity contribution in [2.24, 2.45) is 12.0 Å². The van der Waals surface area contributed by atoms with Crippen LogP contribution in [0.1, 0.15) is 13.8 Å². The lowest BCUT2D eigenvalue weighted by atomic mass is 10.3. The first-order valence-electron chi connectivity index (χ1n) is 6.98. The Kier molecular flexibility index (Phi) is 6.93. The number of nitrogens with zero attached hydrogens (tertiary/aromatic N) is 5. The van der Waals surface area contributed by atoms with Crippen LogP contribution in [-0.4, -0.2) is 59.3 Å². The fourth-order valence-electron chi connectivity index (χ4n) is 2.25. The highest BCUT2D eigenvalue weighted by Gasteiger charge is 2.27. The van der Waals surface area contributed by atoms with Gasteiger partial charge in [-0.25, -0.2) is 0 Å². The number of guanidine groups is 1. The molecule has 2 rings (SSSR count). The van der Waals surface area contributed by atoms with E-state index in [1.54, 1.807) is 15.8 Å². The molecule has 1 aromatic rings. The summed E-state index contributed by atoms with van der Waals surface area (Å²) in [5.41, 5.74) is 0.856. The van der Waals surface area contributed by atoms with Crippen LogP contribution >= 0.6 is 24.0 Å². The van der Waals surface area contributed by atoms with Crippen molar-refractivity contribution in [3.63, 3.8) is 0 Å². The number of aliphatic imine (C=N–C) groups is 1. The maximum absolute atomic E-state index is 12.3. The summed E-state index contributed by atoms with van der Waals surface area (Å²) in [6.07, 6.45) is 3.58. The maximum Gasteiger partial charge on any atom is 0.246 e. The molecule has 1 amide bonds. The van der Waals surface area contributed by atoms with E-state index >= 15 is 0 Å². The first kappa shape index (κ1) is 17.7. The van der Waals surface area contributed by atoms with Crippen molar-refractivity contribution in [3.05, 3.63) is 12.4 Å². The Morgan fingerprint density at radius 2 is 2.19 bits per heavy atom. The van der Waals surface area contributed by atoms with Crippen molar-refractivity contribution in [1.82, 2.24) is 20.0 Å². The van der Waals surface area contributed by atoms with Gasteiger partial charge in [0.2, 0.25) is 5.91 Å². The summed E-state index contributed by atoms with van der Waals surface area (Å²) in [7, 11) is 1.85. The van der Waals surface area contributed by atoms with E-state index in [4.69, 9.17) is 0 Å². The molecule has 7 nitrogen and oxygen atoms in total. The first-order valence-corrected chi connectivity index (χ1v) is 6.98. The number of halogens is 1. The zero-order chi connectivity index (χ0) is 14.5. The molecular weight excluding hydrogens is 383 g/mol. The zero-order valence-corrected chi connectivity index (χ0v) is 15.1. The topological polar surface area (TPSA) is 65.8 Å². The summed E-state index contributed by atoms with van der Waals surface area (Å²) in [6.45, 7) is 7.30. The van der Waals surface area contributed by atoms with Gasteiger partial charge >= 0.3 is 0 Å². The Balaban J connectivity index is 0.00000220. The van der Waals surface area contributed by atoms with E-state index in [2.05, 4.69) is 15.4 Å².